The number of halogens is 5. The molecule has 0 saturated carbocycles. The second-order valence-corrected chi connectivity index (χ2v) is 7.89. The van der Waals surface area contributed by atoms with Gasteiger partial charge in [0.15, 0.2) is 16.6 Å². The van der Waals surface area contributed by atoms with Crippen molar-refractivity contribution in [3.63, 3.8) is 0 Å². The summed E-state index contributed by atoms with van der Waals surface area (Å²) >= 11 is 17.2. The van der Waals surface area contributed by atoms with Crippen molar-refractivity contribution in [3.8, 4) is 0 Å². The van der Waals surface area contributed by atoms with Crippen molar-refractivity contribution in [2.24, 2.45) is 0 Å². The topological polar surface area (TPSA) is 59.7 Å². The lowest BCUT2D eigenvalue weighted by molar-refractivity contribution is -0.141. The normalized spacial score (nSPS) is 11.5. The van der Waals surface area contributed by atoms with Gasteiger partial charge in [-0.3, -0.25) is 9.36 Å². The van der Waals surface area contributed by atoms with Gasteiger partial charge in [-0.1, -0.05) is 41.4 Å². The number of hydrogen-bond acceptors (Lipinski definition) is 3. The van der Waals surface area contributed by atoms with Crippen LogP contribution in [-0.4, -0.2) is 31.2 Å². The quantitative estimate of drug-likeness (QED) is 0.354. The van der Waals surface area contributed by atoms with E-state index >= 15 is 0 Å². The zero-order chi connectivity index (χ0) is 22.6. The van der Waals surface area contributed by atoms with Crippen molar-refractivity contribution in [1.29, 1.82) is 0 Å². The predicted molar refractivity (Wildman–Crippen MR) is 119 cm³/mol. The standard InChI is InChI=1S/C19H19Cl2F3N6S/c1-12-16(21)17(19(22,23)24)28-30(12)9-4-8-25-18(31)26-15-7-10-29(27-15)11-13-5-2-3-6-14(13)20/h2-3,5-7,10H,4,8-9,11H2,1H3,(H2,25,26,27,31). The highest BCUT2D eigenvalue weighted by molar-refractivity contribution is 7.80. The van der Waals surface area contributed by atoms with Crippen molar-refractivity contribution in [1.82, 2.24) is 24.9 Å². The summed E-state index contributed by atoms with van der Waals surface area (Å²) < 4.78 is 41.6. The minimum absolute atomic E-state index is 0.268. The Balaban J connectivity index is 1.45. The molecule has 0 fully saturated rings. The number of rotatable bonds is 7. The van der Waals surface area contributed by atoms with E-state index in [1.807, 2.05) is 24.3 Å². The van der Waals surface area contributed by atoms with E-state index in [2.05, 4.69) is 20.8 Å². The van der Waals surface area contributed by atoms with Crippen molar-refractivity contribution >= 4 is 46.4 Å². The number of aryl methyl sites for hydroxylation is 1. The molecular weight excluding hydrogens is 472 g/mol. The average Bonchev–Trinajstić information content (AvgIpc) is 3.25. The summed E-state index contributed by atoms with van der Waals surface area (Å²) in [6.07, 6.45) is -2.28. The molecule has 0 saturated heterocycles. The smallest absolute Gasteiger partial charge is 0.362 e. The fraction of sp³-hybridized carbons (Fsp3) is 0.316. The van der Waals surface area contributed by atoms with Crippen molar-refractivity contribution in [2.75, 3.05) is 11.9 Å². The largest absolute Gasteiger partial charge is 0.436 e. The summed E-state index contributed by atoms with van der Waals surface area (Å²) in [5.74, 6) is 0.564. The van der Waals surface area contributed by atoms with E-state index in [0.717, 1.165) is 5.56 Å². The van der Waals surface area contributed by atoms with Gasteiger partial charge in [0.05, 0.1) is 17.3 Å². The number of nitrogens with one attached hydrogen (secondary N) is 2. The maximum Gasteiger partial charge on any atom is 0.436 e. The third-order valence-electron chi connectivity index (χ3n) is 4.41. The van der Waals surface area contributed by atoms with Gasteiger partial charge in [-0.2, -0.15) is 23.4 Å². The maximum absolute atomic E-state index is 12.9. The second-order valence-electron chi connectivity index (χ2n) is 6.69. The van der Waals surface area contributed by atoms with Crippen LogP contribution < -0.4 is 10.6 Å². The molecule has 31 heavy (non-hydrogen) atoms. The fourth-order valence-corrected chi connectivity index (χ4v) is 3.48. The highest BCUT2D eigenvalue weighted by Gasteiger charge is 2.38. The molecule has 3 rings (SSSR count). The molecule has 0 radical (unpaired) electrons. The Morgan fingerprint density at radius 2 is 1.90 bits per heavy atom. The van der Waals surface area contributed by atoms with Gasteiger partial charge >= 0.3 is 6.18 Å². The average molecular weight is 491 g/mol. The van der Waals surface area contributed by atoms with Crippen LogP contribution in [-0.2, 0) is 19.3 Å². The molecule has 0 spiro atoms. The molecule has 0 unspecified atom stereocenters. The van der Waals surface area contributed by atoms with Crippen LogP contribution in [0.4, 0.5) is 19.0 Å². The van der Waals surface area contributed by atoms with Gasteiger partial charge in [0.2, 0.25) is 0 Å². The summed E-state index contributed by atoms with van der Waals surface area (Å²) in [6, 6.07) is 9.30. The van der Waals surface area contributed by atoms with Gasteiger partial charge < -0.3 is 10.6 Å². The Hall–Kier alpha value is -2.30. The van der Waals surface area contributed by atoms with Gasteiger partial charge in [0, 0.05) is 30.4 Å². The summed E-state index contributed by atoms with van der Waals surface area (Å²) in [5.41, 5.74) is 0.158. The minimum Gasteiger partial charge on any atom is -0.362 e. The first-order valence-corrected chi connectivity index (χ1v) is 10.4. The van der Waals surface area contributed by atoms with E-state index < -0.39 is 11.9 Å². The van der Waals surface area contributed by atoms with E-state index in [0.29, 0.717) is 35.5 Å². The molecule has 6 nitrogen and oxygen atoms in total. The van der Waals surface area contributed by atoms with Crippen molar-refractivity contribution in [3.05, 3.63) is 63.5 Å². The Bertz CT molecular complexity index is 1060. The Morgan fingerprint density at radius 1 is 1.16 bits per heavy atom. The van der Waals surface area contributed by atoms with Crippen LogP contribution in [0.2, 0.25) is 10.0 Å². The lowest BCUT2D eigenvalue weighted by Gasteiger charge is -2.09. The van der Waals surface area contributed by atoms with Gasteiger partial charge in [-0.25, -0.2) is 0 Å². The van der Waals surface area contributed by atoms with Crippen LogP contribution in [0, 0.1) is 6.92 Å². The van der Waals surface area contributed by atoms with Gasteiger partial charge in [0.25, 0.3) is 0 Å². The molecule has 0 aliphatic heterocycles. The second kappa shape index (κ2) is 9.88. The molecule has 166 valence electrons. The lowest BCUT2D eigenvalue weighted by Crippen LogP contribution is -2.30. The fourth-order valence-electron chi connectivity index (χ4n) is 2.83. The molecule has 0 amide bonds. The zero-order valence-corrected chi connectivity index (χ0v) is 18.7. The van der Waals surface area contributed by atoms with E-state index in [1.54, 1.807) is 16.9 Å². The molecule has 2 heterocycles. The number of alkyl halides is 3. The molecule has 12 heteroatoms. The van der Waals surface area contributed by atoms with E-state index in [-0.39, 0.29) is 17.3 Å². The van der Waals surface area contributed by atoms with Crippen LogP contribution in [0.25, 0.3) is 0 Å². The number of nitrogens with zero attached hydrogens (tertiary/aromatic N) is 4. The highest BCUT2D eigenvalue weighted by atomic mass is 35.5. The van der Waals surface area contributed by atoms with E-state index in [9.17, 15) is 13.2 Å². The molecular formula is C19H19Cl2F3N6S. The number of aromatic nitrogens is 4. The molecule has 2 N–H and O–H groups in total. The molecule has 0 bridgehead atoms. The number of hydrogen-bond donors (Lipinski definition) is 2. The maximum atomic E-state index is 12.9. The number of anilines is 1. The summed E-state index contributed by atoms with van der Waals surface area (Å²) in [6.45, 7) is 2.73. The van der Waals surface area contributed by atoms with E-state index in [4.69, 9.17) is 35.4 Å². The van der Waals surface area contributed by atoms with Gasteiger partial charge in [0.1, 0.15) is 0 Å². The Morgan fingerprint density at radius 3 is 2.58 bits per heavy atom. The Labute approximate surface area is 192 Å². The first-order valence-electron chi connectivity index (χ1n) is 9.27. The predicted octanol–water partition coefficient (Wildman–Crippen LogP) is 5.14. The SMILES string of the molecule is Cc1c(Cl)c(C(F)(F)F)nn1CCCNC(=S)Nc1ccn(Cc2ccccc2Cl)n1. The monoisotopic (exact) mass is 490 g/mol. The summed E-state index contributed by atoms with van der Waals surface area (Å²) in [4.78, 5) is 0. The van der Waals surface area contributed by atoms with Crippen LogP contribution in [0.1, 0.15) is 23.4 Å². The number of thiocarbonyl (C=S) groups is 1. The first kappa shape index (κ1) is 23.4. The molecule has 1 aromatic carbocycles. The minimum atomic E-state index is -4.58. The molecule has 0 aliphatic rings. The van der Waals surface area contributed by atoms with E-state index in [1.165, 1.54) is 11.6 Å². The zero-order valence-electron chi connectivity index (χ0n) is 16.4. The van der Waals surface area contributed by atoms with Crippen molar-refractivity contribution in [2.45, 2.75) is 32.6 Å². The Kier molecular flexibility index (Phi) is 7.45. The van der Waals surface area contributed by atoms with Gasteiger partial charge in [-0.05, 0) is 37.2 Å². The first-order chi connectivity index (χ1) is 14.6. The van der Waals surface area contributed by atoms with Crippen LogP contribution >= 0.6 is 35.4 Å². The summed E-state index contributed by atoms with van der Waals surface area (Å²) in [7, 11) is 0. The number of benzene rings is 1. The summed E-state index contributed by atoms with van der Waals surface area (Å²) in [5, 5.41) is 14.6. The van der Waals surface area contributed by atoms with Crippen molar-refractivity contribution < 1.29 is 13.2 Å². The molecule has 0 aliphatic carbocycles. The third kappa shape index (κ3) is 6.11. The van der Waals surface area contributed by atoms with Gasteiger partial charge in [-0.15, -0.1) is 0 Å². The van der Waals surface area contributed by atoms with Crippen LogP contribution in [0.15, 0.2) is 36.5 Å². The highest BCUT2D eigenvalue weighted by Crippen LogP contribution is 2.35. The third-order valence-corrected chi connectivity index (χ3v) is 5.47. The van der Waals surface area contributed by atoms with Crippen LogP contribution in [0.5, 0.6) is 0 Å². The molecule has 2 aromatic heterocycles. The molecule has 3 aromatic rings. The lowest BCUT2D eigenvalue weighted by atomic mass is 10.2. The molecule has 0 atom stereocenters. The van der Waals surface area contributed by atoms with Crippen LogP contribution in [0.3, 0.4) is 0 Å².